The topological polar surface area (TPSA) is 52.6 Å². The Labute approximate surface area is 124 Å². The SMILES string of the molecule is CNC1CCCN(C(=O)c2ccc3ccccc3c2O)C1. The van der Waals surface area contributed by atoms with Gasteiger partial charge >= 0.3 is 0 Å². The van der Waals surface area contributed by atoms with E-state index in [2.05, 4.69) is 5.32 Å². The molecule has 4 nitrogen and oxygen atoms in total. The quantitative estimate of drug-likeness (QED) is 0.890. The van der Waals surface area contributed by atoms with Gasteiger partial charge in [-0.25, -0.2) is 0 Å². The highest BCUT2D eigenvalue weighted by atomic mass is 16.3. The van der Waals surface area contributed by atoms with Gasteiger partial charge in [-0.15, -0.1) is 0 Å². The lowest BCUT2D eigenvalue weighted by Gasteiger charge is -2.32. The molecule has 1 aliphatic heterocycles. The summed E-state index contributed by atoms with van der Waals surface area (Å²) in [4.78, 5) is 14.5. The number of hydrogen-bond donors (Lipinski definition) is 2. The number of rotatable bonds is 2. The monoisotopic (exact) mass is 284 g/mol. The lowest BCUT2D eigenvalue weighted by Crippen LogP contribution is -2.46. The molecule has 0 bridgehead atoms. The van der Waals surface area contributed by atoms with Gasteiger partial charge in [0.15, 0.2) is 0 Å². The summed E-state index contributed by atoms with van der Waals surface area (Å²) in [5.41, 5.74) is 0.394. The van der Waals surface area contributed by atoms with Gasteiger partial charge in [0.05, 0.1) is 5.56 Å². The molecule has 2 N–H and O–H groups in total. The van der Waals surface area contributed by atoms with Crippen LogP contribution in [0.25, 0.3) is 10.8 Å². The summed E-state index contributed by atoms with van der Waals surface area (Å²) in [5.74, 6) is 0.00267. The van der Waals surface area contributed by atoms with Crippen LogP contribution in [0.2, 0.25) is 0 Å². The fraction of sp³-hybridized carbons (Fsp3) is 0.353. The van der Waals surface area contributed by atoms with Crippen molar-refractivity contribution in [2.45, 2.75) is 18.9 Å². The van der Waals surface area contributed by atoms with E-state index in [0.29, 0.717) is 18.2 Å². The highest BCUT2D eigenvalue weighted by Gasteiger charge is 2.25. The molecule has 1 heterocycles. The van der Waals surface area contributed by atoms with Crippen molar-refractivity contribution in [3.8, 4) is 5.75 Å². The molecular formula is C17H20N2O2. The average Bonchev–Trinajstić information content (AvgIpc) is 2.55. The van der Waals surface area contributed by atoms with Gasteiger partial charge in [0.25, 0.3) is 5.91 Å². The van der Waals surface area contributed by atoms with E-state index in [0.717, 1.165) is 30.2 Å². The Morgan fingerprint density at radius 1 is 1.29 bits per heavy atom. The molecule has 1 aliphatic rings. The second-order valence-corrected chi connectivity index (χ2v) is 5.56. The van der Waals surface area contributed by atoms with E-state index < -0.39 is 0 Å². The molecule has 1 saturated heterocycles. The summed E-state index contributed by atoms with van der Waals surface area (Å²) >= 11 is 0. The molecule has 0 saturated carbocycles. The normalized spacial score (nSPS) is 18.9. The number of carbonyl (C=O) groups excluding carboxylic acids is 1. The third kappa shape index (κ3) is 2.59. The van der Waals surface area contributed by atoms with Crippen LogP contribution in [0.5, 0.6) is 5.75 Å². The van der Waals surface area contributed by atoms with Gasteiger partial charge in [-0.3, -0.25) is 4.79 Å². The second kappa shape index (κ2) is 5.74. The van der Waals surface area contributed by atoms with Crippen LogP contribution in [-0.4, -0.2) is 42.1 Å². The zero-order chi connectivity index (χ0) is 14.8. The summed E-state index contributed by atoms with van der Waals surface area (Å²) in [6.45, 7) is 1.45. The minimum absolute atomic E-state index is 0.0850. The summed E-state index contributed by atoms with van der Waals surface area (Å²) in [7, 11) is 1.92. The first-order valence-corrected chi connectivity index (χ1v) is 7.38. The molecule has 0 aliphatic carbocycles. The number of phenols is 1. The van der Waals surface area contributed by atoms with Crippen LogP contribution in [-0.2, 0) is 0 Å². The Bertz CT molecular complexity index is 669. The van der Waals surface area contributed by atoms with Gasteiger partial charge in [-0.05, 0) is 31.3 Å². The van der Waals surface area contributed by atoms with Crippen molar-refractivity contribution in [2.75, 3.05) is 20.1 Å². The van der Waals surface area contributed by atoms with Crippen LogP contribution in [0.1, 0.15) is 23.2 Å². The van der Waals surface area contributed by atoms with Crippen molar-refractivity contribution in [3.05, 3.63) is 42.0 Å². The molecule has 1 fully saturated rings. The predicted molar refractivity (Wildman–Crippen MR) is 83.6 cm³/mol. The largest absolute Gasteiger partial charge is 0.506 e. The number of aromatic hydroxyl groups is 1. The molecule has 4 heteroatoms. The highest BCUT2D eigenvalue weighted by molar-refractivity contribution is 6.03. The summed E-state index contributed by atoms with van der Waals surface area (Å²) in [6.07, 6.45) is 2.08. The van der Waals surface area contributed by atoms with Gasteiger partial charge in [0.2, 0.25) is 0 Å². The highest BCUT2D eigenvalue weighted by Crippen LogP contribution is 2.30. The first-order chi connectivity index (χ1) is 10.2. The van der Waals surface area contributed by atoms with Crippen molar-refractivity contribution in [2.24, 2.45) is 0 Å². The predicted octanol–water partition coefficient (Wildman–Crippen LogP) is 2.37. The van der Waals surface area contributed by atoms with Gasteiger partial charge in [-0.2, -0.15) is 0 Å². The minimum Gasteiger partial charge on any atom is -0.506 e. The Kier molecular flexibility index (Phi) is 3.80. The lowest BCUT2D eigenvalue weighted by molar-refractivity contribution is 0.0695. The third-order valence-electron chi connectivity index (χ3n) is 4.25. The lowest BCUT2D eigenvalue weighted by atomic mass is 10.0. The maximum absolute atomic E-state index is 12.7. The van der Waals surface area contributed by atoms with E-state index in [1.165, 1.54) is 0 Å². The number of phenolic OH excluding ortho intramolecular Hbond substituents is 1. The van der Waals surface area contributed by atoms with Crippen LogP contribution in [0.15, 0.2) is 36.4 Å². The molecule has 0 spiro atoms. The summed E-state index contributed by atoms with van der Waals surface area (Å²) in [5, 5.41) is 15.3. The van der Waals surface area contributed by atoms with Crippen molar-refractivity contribution in [3.63, 3.8) is 0 Å². The number of hydrogen-bond acceptors (Lipinski definition) is 3. The molecule has 1 amide bonds. The first-order valence-electron chi connectivity index (χ1n) is 7.38. The number of benzene rings is 2. The van der Waals surface area contributed by atoms with E-state index >= 15 is 0 Å². The van der Waals surface area contributed by atoms with Crippen LogP contribution in [0.4, 0.5) is 0 Å². The third-order valence-corrected chi connectivity index (χ3v) is 4.25. The maximum atomic E-state index is 12.7. The number of amides is 1. The zero-order valence-corrected chi connectivity index (χ0v) is 12.2. The van der Waals surface area contributed by atoms with Crippen LogP contribution in [0.3, 0.4) is 0 Å². The minimum atomic E-state index is -0.0850. The standard InChI is InChI=1S/C17H20N2O2/c1-18-13-6-4-10-19(11-13)17(21)15-9-8-12-5-2-3-7-14(12)16(15)20/h2-3,5,7-9,13,18,20H,4,6,10-11H2,1H3. The number of fused-ring (bicyclic) bond motifs is 1. The van der Waals surface area contributed by atoms with Gasteiger partial charge < -0.3 is 15.3 Å². The Morgan fingerprint density at radius 2 is 2.10 bits per heavy atom. The number of nitrogens with one attached hydrogen (secondary N) is 1. The number of carbonyl (C=O) groups is 1. The Morgan fingerprint density at radius 3 is 2.90 bits per heavy atom. The fourth-order valence-electron chi connectivity index (χ4n) is 3.00. The molecule has 1 unspecified atom stereocenters. The molecule has 3 rings (SSSR count). The van der Waals surface area contributed by atoms with E-state index in [1.807, 2.05) is 42.3 Å². The number of piperidine rings is 1. The average molecular weight is 284 g/mol. The molecular weight excluding hydrogens is 264 g/mol. The van der Waals surface area contributed by atoms with Crippen molar-refractivity contribution in [1.29, 1.82) is 0 Å². The van der Waals surface area contributed by atoms with Crippen molar-refractivity contribution >= 4 is 16.7 Å². The van der Waals surface area contributed by atoms with Crippen LogP contribution < -0.4 is 5.32 Å². The molecule has 110 valence electrons. The van der Waals surface area contributed by atoms with Gasteiger partial charge in [0.1, 0.15) is 5.75 Å². The first kappa shape index (κ1) is 13.9. The number of likely N-dealkylation sites (N-methyl/N-ethyl adjacent to an activating group) is 1. The van der Waals surface area contributed by atoms with Crippen LogP contribution in [0, 0.1) is 0 Å². The van der Waals surface area contributed by atoms with E-state index in [9.17, 15) is 9.90 Å². The molecule has 2 aromatic carbocycles. The van der Waals surface area contributed by atoms with E-state index in [4.69, 9.17) is 0 Å². The second-order valence-electron chi connectivity index (χ2n) is 5.56. The maximum Gasteiger partial charge on any atom is 0.257 e. The number of likely N-dealkylation sites (tertiary alicyclic amines) is 1. The number of nitrogens with zero attached hydrogens (tertiary/aromatic N) is 1. The zero-order valence-electron chi connectivity index (χ0n) is 12.2. The fourth-order valence-corrected chi connectivity index (χ4v) is 3.00. The van der Waals surface area contributed by atoms with Gasteiger partial charge in [0, 0.05) is 24.5 Å². The van der Waals surface area contributed by atoms with Gasteiger partial charge in [-0.1, -0.05) is 30.3 Å². The van der Waals surface area contributed by atoms with Crippen molar-refractivity contribution in [1.82, 2.24) is 10.2 Å². The summed E-state index contributed by atoms with van der Waals surface area (Å²) < 4.78 is 0. The van der Waals surface area contributed by atoms with Crippen LogP contribution >= 0.6 is 0 Å². The molecule has 0 radical (unpaired) electrons. The molecule has 21 heavy (non-hydrogen) atoms. The molecule has 1 atom stereocenters. The Balaban J connectivity index is 1.92. The smallest absolute Gasteiger partial charge is 0.257 e. The molecule has 0 aromatic heterocycles. The molecule has 2 aromatic rings. The van der Waals surface area contributed by atoms with E-state index in [-0.39, 0.29) is 11.7 Å². The van der Waals surface area contributed by atoms with E-state index in [1.54, 1.807) is 6.07 Å². The Hall–Kier alpha value is -2.07. The van der Waals surface area contributed by atoms with Crippen molar-refractivity contribution < 1.29 is 9.90 Å². The summed E-state index contributed by atoms with van der Waals surface area (Å²) in [6, 6.07) is 11.5.